The Labute approximate surface area is 113 Å². The highest BCUT2D eigenvalue weighted by atomic mass is 16.5. The summed E-state index contributed by atoms with van der Waals surface area (Å²) in [5.41, 5.74) is 3.40. The fourth-order valence-electron chi connectivity index (χ4n) is 2.28. The molecule has 2 nitrogen and oxygen atoms in total. The van der Waals surface area contributed by atoms with E-state index in [-0.39, 0.29) is 6.61 Å². The highest BCUT2D eigenvalue weighted by molar-refractivity contribution is 5.41. The summed E-state index contributed by atoms with van der Waals surface area (Å²) in [6.45, 7) is 0.692. The molecule has 1 aliphatic carbocycles. The van der Waals surface area contributed by atoms with Gasteiger partial charge in [0, 0.05) is 0 Å². The minimum Gasteiger partial charge on any atom is -0.489 e. The van der Waals surface area contributed by atoms with E-state index in [1.165, 1.54) is 24.0 Å². The van der Waals surface area contributed by atoms with Crippen LogP contribution >= 0.6 is 0 Å². The standard InChI is InChI=1S/C17H18O2/c18-11-14-6-9-17(16(10-14)15-7-8-15)19-12-13-4-2-1-3-5-13/h1-6,9-10,15,18H,7-8,11-12H2. The Kier molecular flexibility index (Phi) is 3.51. The molecule has 2 heteroatoms. The van der Waals surface area contributed by atoms with Gasteiger partial charge in [0.2, 0.25) is 0 Å². The Balaban J connectivity index is 1.76. The number of ether oxygens (including phenoxy) is 1. The Morgan fingerprint density at radius 2 is 1.79 bits per heavy atom. The van der Waals surface area contributed by atoms with E-state index in [1.807, 2.05) is 30.3 Å². The average Bonchev–Trinajstić information content (AvgIpc) is 3.30. The van der Waals surface area contributed by atoms with Crippen LogP contribution in [0.2, 0.25) is 0 Å². The fraction of sp³-hybridized carbons (Fsp3) is 0.294. The van der Waals surface area contributed by atoms with Gasteiger partial charge < -0.3 is 9.84 Å². The summed E-state index contributed by atoms with van der Waals surface area (Å²) in [6, 6.07) is 16.2. The summed E-state index contributed by atoms with van der Waals surface area (Å²) in [6.07, 6.45) is 2.47. The molecule has 19 heavy (non-hydrogen) atoms. The molecule has 0 bridgehead atoms. The van der Waals surface area contributed by atoms with Crippen molar-refractivity contribution in [1.29, 1.82) is 0 Å². The van der Waals surface area contributed by atoms with Crippen LogP contribution < -0.4 is 4.74 Å². The fourth-order valence-corrected chi connectivity index (χ4v) is 2.28. The van der Waals surface area contributed by atoms with Gasteiger partial charge in [0.15, 0.2) is 0 Å². The summed E-state index contributed by atoms with van der Waals surface area (Å²) < 4.78 is 5.94. The number of aliphatic hydroxyl groups is 1. The zero-order valence-corrected chi connectivity index (χ0v) is 10.9. The molecule has 0 aromatic heterocycles. The first kappa shape index (κ1) is 12.2. The molecule has 3 rings (SSSR count). The summed E-state index contributed by atoms with van der Waals surface area (Å²) in [5, 5.41) is 9.22. The van der Waals surface area contributed by atoms with Crippen LogP contribution in [0, 0.1) is 0 Å². The quantitative estimate of drug-likeness (QED) is 0.882. The lowest BCUT2D eigenvalue weighted by atomic mass is 10.1. The van der Waals surface area contributed by atoms with Crippen LogP contribution in [0.15, 0.2) is 48.5 Å². The van der Waals surface area contributed by atoms with E-state index >= 15 is 0 Å². The largest absolute Gasteiger partial charge is 0.489 e. The van der Waals surface area contributed by atoms with Crippen LogP contribution in [0.5, 0.6) is 5.75 Å². The minimum absolute atomic E-state index is 0.0959. The van der Waals surface area contributed by atoms with Crippen molar-refractivity contribution in [3.8, 4) is 5.75 Å². The molecule has 2 aromatic carbocycles. The number of rotatable bonds is 5. The van der Waals surface area contributed by atoms with Gasteiger partial charge in [-0.1, -0.05) is 36.4 Å². The Bertz CT molecular complexity index is 544. The molecule has 0 radical (unpaired) electrons. The van der Waals surface area contributed by atoms with E-state index in [2.05, 4.69) is 18.2 Å². The van der Waals surface area contributed by atoms with Gasteiger partial charge >= 0.3 is 0 Å². The maximum Gasteiger partial charge on any atom is 0.123 e. The number of hydrogen-bond acceptors (Lipinski definition) is 2. The highest BCUT2D eigenvalue weighted by Crippen LogP contribution is 2.44. The third-order valence-electron chi connectivity index (χ3n) is 3.51. The van der Waals surface area contributed by atoms with Crippen LogP contribution in [0.4, 0.5) is 0 Å². The lowest BCUT2D eigenvalue weighted by molar-refractivity contribution is 0.280. The van der Waals surface area contributed by atoms with Crippen LogP contribution in [0.3, 0.4) is 0 Å². The first-order chi connectivity index (χ1) is 9.36. The number of benzene rings is 2. The predicted molar refractivity (Wildman–Crippen MR) is 75.1 cm³/mol. The van der Waals surface area contributed by atoms with Crippen molar-refractivity contribution in [3.05, 3.63) is 65.2 Å². The Morgan fingerprint density at radius 1 is 1.00 bits per heavy atom. The van der Waals surface area contributed by atoms with Crippen molar-refractivity contribution >= 4 is 0 Å². The smallest absolute Gasteiger partial charge is 0.123 e. The maximum atomic E-state index is 9.22. The molecule has 0 heterocycles. The molecule has 1 saturated carbocycles. The van der Waals surface area contributed by atoms with Crippen molar-refractivity contribution in [3.63, 3.8) is 0 Å². The van der Waals surface area contributed by atoms with Crippen molar-refractivity contribution in [2.24, 2.45) is 0 Å². The van der Waals surface area contributed by atoms with Crippen molar-refractivity contribution < 1.29 is 9.84 Å². The molecule has 1 aliphatic rings. The molecule has 0 amide bonds. The molecular formula is C17H18O2. The highest BCUT2D eigenvalue weighted by Gasteiger charge is 2.27. The molecule has 98 valence electrons. The topological polar surface area (TPSA) is 29.5 Å². The Morgan fingerprint density at radius 3 is 2.47 bits per heavy atom. The summed E-state index contributed by atoms with van der Waals surface area (Å²) in [5.74, 6) is 1.58. The van der Waals surface area contributed by atoms with E-state index in [0.717, 1.165) is 11.3 Å². The summed E-state index contributed by atoms with van der Waals surface area (Å²) in [7, 11) is 0. The second-order valence-corrected chi connectivity index (χ2v) is 5.08. The second kappa shape index (κ2) is 5.45. The molecule has 0 saturated heterocycles. The average molecular weight is 254 g/mol. The molecular weight excluding hydrogens is 236 g/mol. The van der Waals surface area contributed by atoms with E-state index in [9.17, 15) is 5.11 Å². The van der Waals surface area contributed by atoms with Gasteiger partial charge in [0.1, 0.15) is 12.4 Å². The van der Waals surface area contributed by atoms with E-state index < -0.39 is 0 Å². The molecule has 2 aromatic rings. The zero-order chi connectivity index (χ0) is 13.1. The zero-order valence-electron chi connectivity index (χ0n) is 10.9. The third-order valence-corrected chi connectivity index (χ3v) is 3.51. The third kappa shape index (κ3) is 2.96. The summed E-state index contributed by atoms with van der Waals surface area (Å²) in [4.78, 5) is 0. The number of aliphatic hydroxyl groups excluding tert-OH is 1. The molecule has 0 unspecified atom stereocenters. The van der Waals surface area contributed by atoms with Gasteiger partial charge in [-0.05, 0) is 47.6 Å². The van der Waals surface area contributed by atoms with Gasteiger partial charge in [-0.2, -0.15) is 0 Å². The van der Waals surface area contributed by atoms with Crippen molar-refractivity contribution in [1.82, 2.24) is 0 Å². The van der Waals surface area contributed by atoms with Gasteiger partial charge in [0.25, 0.3) is 0 Å². The van der Waals surface area contributed by atoms with Crippen molar-refractivity contribution in [2.75, 3.05) is 0 Å². The van der Waals surface area contributed by atoms with E-state index in [1.54, 1.807) is 0 Å². The lowest BCUT2D eigenvalue weighted by Crippen LogP contribution is -1.99. The van der Waals surface area contributed by atoms with Crippen LogP contribution in [-0.4, -0.2) is 5.11 Å². The van der Waals surface area contributed by atoms with Crippen LogP contribution in [0.1, 0.15) is 35.4 Å². The summed E-state index contributed by atoms with van der Waals surface area (Å²) >= 11 is 0. The Hall–Kier alpha value is -1.80. The first-order valence-electron chi connectivity index (χ1n) is 6.77. The second-order valence-electron chi connectivity index (χ2n) is 5.08. The maximum absolute atomic E-state index is 9.22. The van der Waals surface area contributed by atoms with Gasteiger partial charge in [-0.3, -0.25) is 0 Å². The predicted octanol–water partition coefficient (Wildman–Crippen LogP) is 3.64. The normalized spacial score (nSPS) is 14.4. The van der Waals surface area contributed by atoms with E-state index in [4.69, 9.17) is 4.74 Å². The van der Waals surface area contributed by atoms with Gasteiger partial charge in [0.05, 0.1) is 6.61 Å². The molecule has 0 aliphatic heterocycles. The molecule has 1 N–H and O–H groups in total. The van der Waals surface area contributed by atoms with Crippen LogP contribution in [-0.2, 0) is 13.2 Å². The van der Waals surface area contributed by atoms with Gasteiger partial charge in [-0.15, -0.1) is 0 Å². The molecule has 0 spiro atoms. The van der Waals surface area contributed by atoms with Crippen LogP contribution in [0.25, 0.3) is 0 Å². The monoisotopic (exact) mass is 254 g/mol. The first-order valence-corrected chi connectivity index (χ1v) is 6.77. The minimum atomic E-state index is 0.0959. The number of hydrogen-bond donors (Lipinski definition) is 1. The molecule has 1 fully saturated rings. The SMILES string of the molecule is OCc1ccc(OCc2ccccc2)c(C2CC2)c1. The van der Waals surface area contributed by atoms with Gasteiger partial charge in [-0.25, -0.2) is 0 Å². The lowest BCUT2D eigenvalue weighted by Gasteiger charge is -2.12. The van der Waals surface area contributed by atoms with Crippen molar-refractivity contribution in [2.45, 2.75) is 32.0 Å². The molecule has 0 atom stereocenters. The van der Waals surface area contributed by atoms with E-state index in [0.29, 0.717) is 12.5 Å².